The summed E-state index contributed by atoms with van der Waals surface area (Å²) in [6, 6.07) is 0. The molecule has 0 saturated heterocycles. The van der Waals surface area contributed by atoms with Gasteiger partial charge in [-0.3, -0.25) is 14.4 Å². The largest absolute Gasteiger partial charge is 0.508 e. The third-order valence-electron chi connectivity index (χ3n) is 13.7. The molecule has 0 aromatic heterocycles. The molecule has 0 fully saturated rings. The van der Waals surface area contributed by atoms with Gasteiger partial charge in [-0.1, -0.05) is 89.6 Å². The highest BCUT2D eigenvalue weighted by Gasteiger charge is 2.39. The molecule has 2 heterocycles. The van der Waals surface area contributed by atoms with Crippen LogP contribution < -0.4 is 0 Å². The molecule has 0 aromatic carbocycles. The van der Waals surface area contributed by atoms with E-state index < -0.39 is 60.6 Å². The molecular weight excluding hydrogens is 875 g/mol. The van der Waals surface area contributed by atoms with Crippen LogP contribution in [0.1, 0.15) is 99.8 Å². The Balaban J connectivity index is 2.50. The molecule has 386 valence electrons. The van der Waals surface area contributed by atoms with Crippen molar-refractivity contribution in [3.63, 3.8) is 0 Å². The van der Waals surface area contributed by atoms with Gasteiger partial charge in [-0.15, -0.1) is 0 Å². The lowest BCUT2D eigenvalue weighted by atomic mass is 9.81. The number of ketones is 1. The predicted octanol–water partition coefficient (Wildman–Crippen LogP) is 7.82. The van der Waals surface area contributed by atoms with Gasteiger partial charge in [0.15, 0.2) is 6.10 Å². The quantitative estimate of drug-likeness (QED) is 0.0769. The summed E-state index contributed by atoms with van der Waals surface area (Å²) in [7, 11) is 11.2. The summed E-state index contributed by atoms with van der Waals surface area (Å²) in [5.41, 5.74) is 1.43. The first-order valence-corrected chi connectivity index (χ1v) is 24.0. The van der Waals surface area contributed by atoms with E-state index in [2.05, 4.69) is 0 Å². The number of amides is 1. The molecule has 15 heteroatoms. The molecular formula is C53H85NO14. The zero-order chi connectivity index (χ0) is 51.1. The molecule has 0 aromatic rings. The first-order valence-electron chi connectivity index (χ1n) is 24.0. The van der Waals surface area contributed by atoms with Gasteiger partial charge in [0.2, 0.25) is 6.41 Å². The lowest BCUT2D eigenvalue weighted by Crippen LogP contribution is -2.41. The molecule has 0 radical (unpaired) electrons. The number of Topliss-reactive ketones (excluding diaryl/α,β-unsaturated/α-hetero) is 1. The molecule has 68 heavy (non-hydrogen) atoms. The van der Waals surface area contributed by atoms with Crippen molar-refractivity contribution in [1.82, 2.24) is 4.90 Å². The number of allylic oxidation sites excluding steroid dienone is 2. The van der Waals surface area contributed by atoms with Crippen molar-refractivity contribution in [3.05, 3.63) is 71.7 Å². The van der Waals surface area contributed by atoms with Crippen LogP contribution in [0.2, 0.25) is 0 Å². The maximum absolute atomic E-state index is 13.7. The number of cyclic esters (lactones) is 1. The van der Waals surface area contributed by atoms with E-state index in [1.807, 2.05) is 78.8 Å². The number of esters is 2. The zero-order valence-corrected chi connectivity index (χ0v) is 43.3. The van der Waals surface area contributed by atoms with Crippen molar-refractivity contribution in [1.29, 1.82) is 0 Å². The molecule has 2 N–H and O–H groups in total. The number of nitrogens with zero attached hydrogens (tertiary/aromatic N) is 1. The molecule has 0 saturated carbocycles. The topological polar surface area (TPSA) is 186 Å². The molecule has 2 aliphatic rings. The minimum Gasteiger partial charge on any atom is -0.508 e. The van der Waals surface area contributed by atoms with Gasteiger partial charge in [-0.05, 0) is 44.1 Å². The van der Waals surface area contributed by atoms with E-state index in [1.165, 1.54) is 11.0 Å². The van der Waals surface area contributed by atoms with Crippen LogP contribution >= 0.6 is 0 Å². The summed E-state index contributed by atoms with van der Waals surface area (Å²) in [5.74, 6) is -2.83. The van der Waals surface area contributed by atoms with Gasteiger partial charge in [-0.2, -0.15) is 0 Å². The Labute approximate surface area is 406 Å². The highest BCUT2D eigenvalue weighted by molar-refractivity contribution is 5.82. The monoisotopic (exact) mass is 960 g/mol. The first-order chi connectivity index (χ1) is 32.3. The van der Waals surface area contributed by atoms with Gasteiger partial charge in [0, 0.05) is 111 Å². The second-order valence-corrected chi connectivity index (χ2v) is 18.8. The fourth-order valence-corrected chi connectivity index (χ4v) is 9.10. The molecule has 0 unspecified atom stereocenters. The number of carbonyl (C=O) groups is 4. The Kier molecular flexibility index (Phi) is 27.7. The highest BCUT2D eigenvalue weighted by atomic mass is 16.6. The van der Waals surface area contributed by atoms with Gasteiger partial charge in [0.05, 0.1) is 49.1 Å². The fraction of sp³-hybridized carbons (Fsp3) is 0.698. The number of hydrogen-bond donors (Lipinski definition) is 2. The van der Waals surface area contributed by atoms with Crippen LogP contribution in [0, 0.1) is 35.5 Å². The average Bonchev–Trinajstić information content (AvgIpc) is 3.32. The van der Waals surface area contributed by atoms with Gasteiger partial charge >= 0.3 is 11.9 Å². The van der Waals surface area contributed by atoms with Gasteiger partial charge in [-0.25, -0.2) is 4.79 Å². The summed E-state index contributed by atoms with van der Waals surface area (Å²) < 4.78 is 47.1. The summed E-state index contributed by atoms with van der Waals surface area (Å²) in [4.78, 5) is 52.4. The van der Waals surface area contributed by atoms with E-state index in [0.717, 1.165) is 5.57 Å². The number of fused-ring (bicyclic) bond motifs is 1. The smallest absolute Gasteiger partial charge is 0.331 e. The number of carbonyl (C=O) groups excluding carboxylic acids is 4. The van der Waals surface area contributed by atoms with E-state index in [4.69, 9.17) is 37.9 Å². The lowest BCUT2D eigenvalue weighted by molar-refractivity contribution is -0.156. The summed E-state index contributed by atoms with van der Waals surface area (Å²) >= 11 is 0. The minimum atomic E-state index is -0.930. The number of hydrogen-bond acceptors (Lipinski definition) is 14. The SMILES string of the molecule is CO[C@H]1CC2=C(O)[C@@H](OC(=O)C2)[C@H](C)[C@@H](OC)C[C@H](OC)/C=C/[C@H](C)[C@@H](O)C[C@@H](OC)/C=C/[C@H](C)[C@@H]([C@@H](C)[C@@H](OC)[C@@H](C)CCC(=O)[C@H](C)[C@@H](C/C=C/N(C)C=O)OC)OC(=O)/C=C\C=C(/C)C1. The first kappa shape index (κ1) is 60.2. The Hall–Kier alpha value is -3.96. The third-order valence-corrected chi connectivity index (χ3v) is 13.7. The van der Waals surface area contributed by atoms with Crippen molar-refractivity contribution in [3.8, 4) is 0 Å². The number of ether oxygens (including phenoxy) is 8. The molecule has 15 atom stereocenters. The van der Waals surface area contributed by atoms with Crippen molar-refractivity contribution >= 4 is 24.1 Å². The van der Waals surface area contributed by atoms with Crippen LogP contribution in [0.25, 0.3) is 0 Å². The Bertz CT molecular complexity index is 1740. The van der Waals surface area contributed by atoms with Gasteiger partial charge in [0.25, 0.3) is 0 Å². The van der Waals surface area contributed by atoms with Crippen LogP contribution in [-0.2, 0) is 57.1 Å². The zero-order valence-electron chi connectivity index (χ0n) is 43.3. The van der Waals surface area contributed by atoms with E-state index in [1.54, 1.807) is 68.1 Å². The molecule has 0 aliphatic carbocycles. The molecule has 2 rings (SSSR count). The second kappa shape index (κ2) is 31.3. The summed E-state index contributed by atoms with van der Waals surface area (Å²) in [5, 5.41) is 22.9. The minimum absolute atomic E-state index is 0.0117. The molecule has 15 nitrogen and oxygen atoms in total. The van der Waals surface area contributed by atoms with Crippen LogP contribution in [0.5, 0.6) is 0 Å². The van der Waals surface area contributed by atoms with Crippen LogP contribution in [0.15, 0.2) is 71.7 Å². The molecule has 2 bridgehead atoms. The number of rotatable bonds is 18. The molecule has 0 spiro atoms. The Morgan fingerprint density at radius 1 is 0.882 bits per heavy atom. The van der Waals surface area contributed by atoms with Crippen molar-refractivity contribution in [2.75, 3.05) is 49.7 Å². The average molecular weight is 960 g/mol. The lowest BCUT2D eigenvalue weighted by Gasteiger charge is -2.35. The van der Waals surface area contributed by atoms with Crippen LogP contribution in [0.4, 0.5) is 0 Å². The number of aliphatic hydroxyl groups excluding tert-OH is 2. The van der Waals surface area contributed by atoms with Crippen molar-refractivity contribution in [2.45, 2.75) is 155 Å². The van der Waals surface area contributed by atoms with Crippen LogP contribution in [-0.4, -0.2) is 144 Å². The van der Waals surface area contributed by atoms with Crippen molar-refractivity contribution in [2.24, 2.45) is 35.5 Å². The van der Waals surface area contributed by atoms with Gasteiger partial charge in [0.1, 0.15) is 17.6 Å². The van der Waals surface area contributed by atoms with Crippen molar-refractivity contribution < 1.29 is 67.3 Å². The molecule has 1 amide bonds. The summed E-state index contributed by atoms with van der Waals surface area (Å²) in [6.07, 6.45) is 14.3. The Morgan fingerprint density at radius 3 is 2.12 bits per heavy atom. The van der Waals surface area contributed by atoms with E-state index in [0.29, 0.717) is 44.1 Å². The maximum atomic E-state index is 13.7. The summed E-state index contributed by atoms with van der Waals surface area (Å²) in [6.45, 7) is 13.5. The highest BCUT2D eigenvalue weighted by Crippen LogP contribution is 2.34. The second-order valence-electron chi connectivity index (χ2n) is 18.8. The number of aliphatic hydroxyl groups is 2. The normalized spacial score (nSPS) is 32.1. The standard InChI is InChI=1S/C53H85NO14/c1-33-17-15-19-48(58)67-52(39(7)51(66-14)35(3)22-25-44(56)37(5)46(64-12)18-16-26-54(8)32-55)36(4)21-24-41(61-9)30-45(57)34(2)20-23-42(62-10)31-47(65-13)38(6)53-50(60)40(29-49(59)68-53)28-43(27-33)63-11/h15-17,19-21,23-24,26,32,34-39,41-43,45-47,51-53,57,60H,18,22,25,27-31H2,1-14H3/b19-15-,23-20+,24-21+,26-16+,33-17+/t34-,35-,36-,37-,38+,39-,41-,42+,43+,45-,46+,47-,51-,52-,53-/m0/s1. The Morgan fingerprint density at radius 2 is 1.53 bits per heavy atom. The number of methoxy groups -OCH3 is 6. The van der Waals surface area contributed by atoms with E-state index in [-0.39, 0.29) is 72.6 Å². The predicted molar refractivity (Wildman–Crippen MR) is 261 cm³/mol. The third kappa shape index (κ3) is 19.4. The van der Waals surface area contributed by atoms with Crippen LogP contribution in [0.3, 0.4) is 0 Å². The fourth-order valence-electron chi connectivity index (χ4n) is 9.10. The van der Waals surface area contributed by atoms with Gasteiger partial charge < -0.3 is 53.0 Å². The maximum Gasteiger partial charge on any atom is 0.331 e. The molecule has 2 aliphatic heterocycles. The van der Waals surface area contributed by atoms with E-state index in [9.17, 15) is 29.4 Å². The van der Waals surface area contributed by atoms with E-state index >= 15 is 0 Å².